The van der Waals surface area contributed by atoms with Gasteiger partial charge < -0.3 is 10.1 Å². The van der Waals surface area contributed by atoms with Gasteiger partial charge in [-0.15, -0.1) is 11.3 Å². The van der Waals surface area contributed by atoms with Crippen molar-refractivity contribution in [1.29, 1.82) is 0 Å². The average molecular weight is 401 g/mol. The van der Waals surface area contributed by atoms with Crippen LogP contribution in [0.5, 0.6) is 5.75 Å². The minimum Gasteiger partial charge on any atom is -0.497 e. The van der Waals surface area contributed by atoms with Gasteiger partial charge in [-0.25, -0.2) is 4.79 Å². The summed E-state index contributed by atoms with van der Waals surface area (Å²) in [5, 5.41) is 4.59. The number of nitrogens with zero attached hydrogens (tertiary/aromatic N) is 2. The normalized spacial score (nSPS) is 10.9. The lowest BCUT2D eigenvalue weighted by molar-refractivity contribution is -0.121. The summed E-state index contributed by atoms with van der Waals surface area (Å²) in [6.07, 6.45) is 1.60. The highest BCUT2D eigenvalue weighted by molar-refractivity contribution is 7.17. The van der Waals surface area contributed by atoms with E-state index in [4.69, 9.17) is 4.74 Å². The van der Waals surface area contributed by atoms with Gasteiger partial charge in [0.2, 0.25) is 5.91 Å². The molecule has 1 aromatic carbocycles. The maximum atomic E-state index is 12.8. The van der Waals surface area contributed by atoms with Crippen molar-refractivity contribution in [1.82, 2.24) is 14.5 Å². The lowest BCUT2D eigenvalue weighted by Gasteiger charge is -2.12. The van der Waals surface area contributed by atoms with E-state index >= 15 is 0 Å². The number of carbonyl (C=O) groups is 1. The molecule has 8 heteroatoms. The Morgan fingerprint density at radius 1 is 1.14 bits per heavy atom. The third kappa shape index (κ3) is 4.17. The molecule has 3 aromatic rings. The maximum absolute atomic E-state index is 12.8. The van der Waals surface area contributed by atoms with Crippen LogP contribution in [0.1, 0.15) is 25.3 Å². The standard InChI is InChI=1S/C20H23N3O4S/c1-3-4-10-22-19(25)18-16(9-11-28-18)23(20(22)26)13-17(24)21-12-14-5-7-15(27-2)8-6-14/h5-9,11H,3-4,10,12-13H2,1-2H3,(H,21,24). The molecule has 1 N–H and O–H groups in total. The fourth-order valence-corrected chi connectivity index (χ4v) is 3.79. The van der Waals surface area contributed by atoms with Gasteiger partial charge >= 0.3 is 5.69 Å². The molecule has 3 rings (SSSR count). The van der Waals surface area contributed by atoms with E-state index in [0.29, 0.717) is 23.3 Å². The van der Waals surface area contributed by atoms with Crippen molar-refractivity contribution in [2.45, 2.75) is 39.4 Å². The number of methoxy groups -OCH3 is 1. The number of thiophene rings is 1. The molecule has 0 saturated carbocycles. The first-order chi connectivity index (χ1) is 13.5. The Bertz CT molecular complexity index is 1080. The molecule has 0 unspecified atom stereocenters. The van der Waals surface area contributed by atoms with Crippen LogP contribution < -0.4 is 21.3 Å². The molecular formula is C20H23N3O4S. The molecule has 0 bridgehead atoms. The SMILES string of the molecule is CCCCn1c(=O)c2sccc2n(CC(=O)NCc2ccc(OC)cc2)c1=O. The molecule has 0 saturated heterocycles. The lowest BCUT2D eigenvalue weighted by Crippen LogP contribution is -2.42. The summed E-state index contributed by atoms with van der Waals surface area (Å²) in [5.41, 5.74) is 0.713. The predicted octanol–water partition coefficient (Wildman–Crippen LogP) is 2.35. The molecule has 0 radical (unpaired) electrons. The molecule has 1 amide bonds. The van der Waals surface area contributed by atoms with Crippen molar-refractivity contribution in [3.8, 4) is 5.75 Å². The van der Waals surface area contributed by atoms with Crippen molar-refractivity contribution >= 4 is 27.5 Å². The van der Waals surface area contributed by atoms with Gasteiger partial charge in [-0.05, 0) is 35.6 Å². The first-order valence-corrected chi connectivity index (χ1v) is 10.0. The zero-order valence-electron chi connectivity index (χ0n) is 15.9. The second kappa shape index (κ2) is 8.88. The van der Waals surface area contributed by atoms with Crippen LogP contribution in [-0.4, -0.2) is 22.2 Å². The van der Waals surface area contributed by atoms with Gasteiger partial charge in [0.1, 0.15) is 17.0 Å². The van der Waals surface area contributed by atoms with E-state index in [1.54, 1.807) is 18.6 Å². The number of ether oxygens (including phenoxy) is 1. The third-order valence-corrected chi connectivity index (χ3v) is 5.41. The molecule has 0 atom stereocenters. The van der Waals surface area contributed by atoms with Gasteiger partial charge in [-0.3, -0.25) is 18.7 Å². The van der Waals surface area contributed by atoms with E-state index in [-0.39, 0.29) is 18.0 Å². The summed E-state index contributed by atoms with van der Waals surface area (Å²) in [4.78, 5) is 37.8. The fraction of sp³-hybridized carbons (Fsp3) is 0.350. The monoisotopic (exact) mass is 401 g/mol. The maximum Gasteiger partial charge on any atom is 0.332 e. The summed E-state index contributed by atoms with van der Waals surface area (Å²) < 4.78 is 8.23. The van der Waals surface area contributed by atoms with Gasteiger partial charge in [-0.2, -0.15) is 0 Å². The number of benzene rings is 1. The highest BCUT2D eigenvalue weighted by Crippen LogP contribution is 2.15. The topological polar surface area (TPSA) is 82.3 Å². The van der Waals surface area contributed by atoms with Crippen LogP contribution in [-0.2, 0) is 24.4 Å². The van der Waals surface area contributed by atoms with Gasteiger partial charge in [0.25, 0.3) is 5.56 Å². The van der Waals surface area contributed by atoms with Crippen molar-refractivity contribution in [3.05, 3.63) is 62.1 Å². The molecule has 0 aliphatic rings. The van der Waals surface area contributed by atoms with Gasteiger partial charge in [0, 0.05) is 13.1 Å². The predicted molar refractivity (Wildman–Crippen MR) is 110 cm³/mol. The molecule has 2 heterocycles. The smallest absolute Gasteiger partial charge is 0.332 e. The number of aromatic nitrogens is 2. The van der Waals surface area contributed by atoms with Crippen LogP contribution in [0.4, 0.5) is 0 Å². The van der Waals surface area contributed by atoms with Crippen LogP contribution >= 0.6 is 11.3 Å². The third-order valence-electron chi connectivity index (χ3n) is 4.52. The highest BCUT2D eigenvalue weighted by atomic mass is 32.1. The number of hydrogen-bond acceptors (Lipinski definition) is 5. The lowest BCUT2D eigenvalue weighted by atomic mass is 10.2. The second-order valence-electron chi connectivity index (χ2n) is 6.44. The van der Waals surface area contributed by atoms with Gasteiger partial charge in [-0.1, -0.05) is 25.5 Å². The highest BCUT2D eigenvalue weighted by Gasteiger charge is 2.16. The summed E-state index contributed by atoms with van der Waals surface area (Å²) >= 11 is 1.29. The summed E-state index contributed by atoms with van der Waals surface area (Å²) in [6, 6.07) is 9.10. The first-order valence-electron chi connectivity index (χ1n) is 9.15. The zero-order chi connectivity index (χ0) is 20.1. The summed E-state index contributed by atoms with van der Waals surface area (Å²) in [6.45, 7) is 2.57. The van der Waals surface area contributed by atoms with Crippen molar-refractivity contribution in [2.75, 3.05) is 7.11 Å². The van der Waals surface area contributed by atoms with Gasteiger partial charge in [0.15, 0.2) is 0 Å². The largest absolute Gasteiger partial charge is 0.497 e. The Morgan fingerprint density at radius 3 is 2.57 bits per heavy atom. The van der Waals surface area contributed by atoms with Crippen LogP contribution in [0.25, 0.3) is 10.2 Å². The number of nitrogens with one attached hydrogen (secondary N) is 1. The Morgan fingerprint density at radius 2 is 1.89 bits per heavy atom. The summed E-state index contributed by atoms with van der Waals surface area (Å²) in [7, 11) is 1.60. The molecule has 0 aliphatic heterocycles. The van der Waals surface area contributed by atoms with E-state index in [9.17, 15) is 14.4 Å². The van der Waals surface area contributed by atoms with E-state index in [1.807, 2.05) is 31.2 Å². The first kappa shape index (κ1) is 19.9. The van der Waals surface area contributed by atoms with Crippen LogP contribution in [0.2, 0.25) is 0 Å². The van der Waals surface area contributed by atoms with Crippen molar-refractivity contribution in [3.63, 3.8) is 0 Å². The van der Waals surface area contributed by atoms with Crippen LogP contribution in [0, 0.1) is 0 Å². The minimum atomic E-state index is -0.441. The number of fused-ring (bicyclic) bond motifs is 1. The quantitative estimate of drug-likeness (QED) is 0.628. The van der Waals surface area contributed by atoms with E-state index < -0.39 is 5.69 Å². The van der Waals surface area contributed by atoms with Crippen molar-refractivity contribution in [2.24, 2.45) is 0 Å². The molecular weight excluding hydrogens is 378 g/mol. The minimum absolute atomic E-state index is 0.130. The molecule has 0 aliphatic carbocycles. The number of hydrogen-bond donors (Lipinski definition) is 1. The molecule has 148 valence electrons. The van der Waals surface area contributed by atoms with Crippen LogP contribution in [0.15, 0.2) is 45.3 Å². The van der Waals surface area contributed by atoms with E-state index in [1.165, 1.54) is 20.5 Å². The van der Waals surface area contributed by atoms with E-state index in [2.05, 4.69) is 5.32 Å². The van der Waals surface area contributed by atoms with Gasteiger partial charge in [0.05, 0.1) is 12.6 Å². The number of rotatable bonds is 8. The summed E-state index contributed by atoms with van der Waals surface area (Å²) in [5.74, 6) is 0.460. The zero-order valence-corrected chi connectivity index (χ0v) is 16.8. The fourth-order valence-electron chi connectivity index (χ4n) is 2.94. The Balaban J connectivity index is 1.80. The average Bonchev–Trinajstić information content (AvgIpc) is 3.20. The Hall–Kier alpha value is -2.87. The van der Waals surface area contributed by atoms with Crippen molar-refractivity contribution < 1.29 is 9.53 Å². The number of unbranched alkanes of at least 4 members (excludes halogenated alkanes) is 1. The molecule has 0 spiro atoms. The molecule has 2 aromatic heterocycles. The second-order valence-corrected chi connectivity index (χ2v) is 7.35. The molecule has 7 nitrogen and oxygen atoms in total. The van der Waals surface area contributed by atoms with E-state index in [0.717, 1.165) is 24.2 Å². The Labute approximate surface area is 166 Å². The molecule has 0 fully saturated rings. The van der Waals surface area contributed by atoms with Crippen LogP contribution in [0.3, 0.4) is 0 Å². The number of amides is 1. The molecule has 28 heavy (non-hydrogen) atoms. The Kier molecular flexibility index (Phi) is 6.30. The number of carbonyl (C=O) groups excluding carboxylic acids is 1.